The molecule has 1 aromatic heterocycles. The molecule has 1 heterocycles. The summed E-state index contributed by atoms with van der Waals surface area (Å²) in [6.45, 7) is 9.87. The summed E-state index contributed by atoms with van der Waals surface area (Å²) >= 11 is 1.57. The number of carbonyl (C=O) groups is 2. The van der Waals surface area contributed by atoms with Crippen LogP contribution in [0.4, 0.5) is 9.59 Å². The van der Waals surface area contributed by atoms with Crippen LogP contribution < -0.4 is 4.74 Å². The maximum atomic E-state index is 13.5. The van der Waals surface area contributed by atoms with Gasteiger partial charge in [0, 0.05) is 4.70 Å². The Labute approximate surface area is 233 Å². The zero-order valence-corrected chi connectivity index (χ0v) is 24.9. The molecule has 212 valence electrons. The first-order valence-corrected chi connectivity index (χ1v) is 15.0. The fourth-order valence-corrected chi connectivity index (χ4v) is 6.05. The molecule has 3 rings (SSSR count). The van der Waals surface area contributed by atoms with E-state index in [1.54, 1.807) is 83.2 Å². The third-order valence-corrected chi connectivity index (χ3v) is 7.73. The smallest absolute Gasteiger partial charge is 0.497 e. The molecule has 0 saturated carbocycles. The topological polar surface area (TPSA) is 108 Å². The molecule has 9 nitrogen and oxygen atoms in total. The van der Waals surface area contributed by atoms with Crippen molar-refractivity contribution in [3.63, 3.8) is 0 Å². The van der Waals surface area contributed by atoms with Gasteiger partial charge in [-0.1, -0.05) is 18.2 Å². The molecule has 2 aromatic carbocycles. The Kier molecular flexibility index (Phi) is 9.17. The van der Waals surface area contributed by atoms with E-state index in [0.717, 1.165) is 10.1 Å². The van der Waals surface area contributed by atoms with Gasteiger partial charge in [0.25, 0.3) is 0 Å². The Morgan fingerprint density at radius 2 is 1.56 bits per heavy atom. The van der Waals surface area contributed by atoms with E-state index in [9.17, 15) is 18.0 Å². The van der Waals surface area contributed by atoms with E-state index in [1.165, 1.54) is 7.11 Å². The number of ether oxygens (including phenoxy) is 3. The van der Waals surface area contributed by atoms with Gasteiger partial charge in [0.1, 0.15) is 23.0 Å². The van der Waals surface area contributed by atoms with Gasteiger partial charge in [-0.05, 0) is 93.8 Å². The number of hydrogen-bond acceptors (Lipinski definition) is 9. The number of fused-ring (bicyclic) bond motifs is 1. The molecule has 11 heteroatoms. The normalized spacial score (nSPS) is 13.0. The zero-order valence-electron chi connectivity index (χ0n) is 23.2. The first-order chi connectivity index (χ1) is 18.0. The van der Waals surface area contributed by atoms with E-state index in [-0.39, 0.29) is 5.75 Å². The van der Waals surface area contributed by atoms with Gasteiger partial charge in [-0.25, -0.2) is 18.0 Å². The van der Waals surface area contributed by atoms with Crippen LogP contribution in [0.2, 0.25) is 0 Å². The molecule has 0 N–H and O–H groups in total. The Morgan fingerprint density at radius 1 is 0.923 bits per heavy atom. The molecule has 0 radical (unpaired) electrons. The van der Waals surface area contributed by atoms with E-state index >= 15 is 0 Å². The van der Waals surface area contributed by atoms with E-state index in [2.05, 4.69) is 0 Å². The molecule has 0 bridgehead atoms. The quantitative estimate of drug-likeness (QED) is 0.226. The number of sulfone groups is 1. The van der Waals surface area contributed by atoms with Crippen LogP contribution in [0.15, 0.2) is 53.9 Å². The molecule has 0 fully saturated rings. The maximum Gasteiger partial charge on any atom is 0.534 e. The van der Waals surface area contributed by atoms with Crippen molar-refractivity contribution >= 4 is 43.5 Å². The van der Waals surface area contributed by atoms with Gasteiger partial charge in [0.15, 0.2) is 9.84 Å². The lowest BCUT2D eigenvalue weighted by Gasteiger charge is -2.32. The van der Waals surface area contributed by atoms with E-state index in [0.29, 0.717) is 21.9 Å². The number of methoxy groups -OCH3 is 1. The van der Waals surface area contributed by atoms with Gasteiger partial charge in [-0.3, -0.25) is 4.84 Å². The van der Waals surface area contributed by atoms with Gasteiger partial charge < -0.3 is 14.2 Å². The minimum absolute atomic E-state index is 0.278. The molecule has 3 aromatic rings. The predicted octanol–water partition coefficient (Wildman–Crippen LogP) is 6.67. The van der Waals surface area contributed by atoms with Crippen LogP contribution in [0, 0.1) is 0 Å². The third-order valence-electron chi connectivity index (χ3n) is 5.23. The second-order valence-electron chi connectivity index (χ2n) is 11.0. The summed E-state index contributed by atoms with van der Waals surface area (Å²) in [5.41, 5.74) is -0.877. The van der Waals surface area contributed by atoms with Gasteiger partial charge >= 0.3 is 12.2 Å². The van der Waals surface area contributed by atoms with Crippen molar-refractivity contribution in [1.29, 1.82) is 0 Å². The van der Waals surface area contributed by atoms with Crippen LogP contribution >= 0.6 is 11.3 Å². The van der Waals surface area contributed by atoms with Gasteiger partial charge in [0.2, 0.25) is 0 Å². The molecule has 0 aliphatic heterocycles. The van der Waals surface area contributed by atoms with Crippen LogP contribution in [0.25, 0.3) is 10.1 Å². The SMILES string of the molecule is COc1ccc(C(CS(=O)(=O)Cc2ccc3sccc3c2)N(OC(=O)OC(C)(C)C)C(=O)OC(C)(C)C)cc1. The molecule has 0 aliphatic rings. The fourth-order valence-electron chi connectivity index (χ4n) is 3.67. The first kappa shape index (κ1) is 30.2. The van der Waals surface area contributed by atoms with Crippen molar-refractivity contribution in [3.05, 3.63) is 65.0 Å². The first-order valence-electron chi connectivity index (χ1n) is 12.3. The Morgan fingerprint density at radius 3 is 2.15 bits per heavy atom. The van der Waals surface area contributed by atoms with Gasteiger partial charge in [0.05, 0.1) is 18.6 Å². The molecule has 1 atom stereocenters. The predicted molar refractivity (Wildman–Crippen MR) is 150 cm³/mol. The van der Waals surface area contributed by atoms with Crippen molar-refractivity contribution in [2.24, 2.45) is 0 Å². The number of thiophene rings is 1. The van der Waals surface area contributed by atoms with Gasteiger partial charge in [-0.15, -0.1) is 16.4 Å². The number of hydroxylamine groups is 2. The number of hydrogen-bond donors (Lipinski definition) is 0. The average molecular weight is 578 g/mol. The van der Waals surface area contributed by atoms with Crippen LogP contribution in [0.3, 0.4) is 0 Å². The summed E-state index contributed by atoms with van der Waals surface area (Å²) in [6, 6.07) is 12.6. The second-order valence-corrected chi connectivity index (χ2v) is 14.1. The molecular formula is C28H35NO8S2. The lowest BCUT2D eigenvalue weighted by molar-refractivity contribution is -0.153. The largest absolute Gasteiger partial charge is 0.534 e. The molecule has 1 amide bonds. The Balaban J connectivity index is 2.01. The van der Waals surface area contributed by atoms with E-state index < -0.39 is 45.1 Å². The number of carbonyl (C=O) groups excluding carboxylic acids is 2. The second kappa shape index (κ2) is 11.8. The molecule has 0 aliphatic carbocycles. The molecule has 0 spiro atoms. The highest BCUT2D eigenvalue weighted by Gasteiger charge is 2.37. The van der Waals surface area contributed by atoms with Crippen molar-refractivity contribution < 1.29 is 37.1 Å². The zero-order chi connectivity index (χ0) is 29.0. The Bertz CT molecular complexity index is 1400. The number of amides is 1. The fraction of sp³-hybridized carbons (Fsp3) is 0.429. The number of benzene rings is 2. The van der Waals surface area contributed by atoms with Gasteiger partial charge in [-0.2, -0.15) is 0 Å². The summed E-state index contributed by atoms with van der Waals surface area (Å²) in [7, 11) is -2.35. The van der Waals surface area contributed by atoms with E-state index in [1.807, 2.05) is 23.6 Å². The van der Waals surface area contributed by atoms with Crippen molar-refractivity contribution in [1.82, 2.24) is 5.06 Å². The standard InChI is InChI=1S/C28H35NO8S2/c1-27(2,3)35-25(30)29(37-26(31)36-28(4,5)6)23(20-9-11-22(34-7)12-10-20)18-39(32,33)17-19-8-13-24-21(16-19)14-15-38-24/h8-16,23H,17-18H2,1-7H3. The summed E-state index contributed by atoms with van der Waals surface area (Å²) in [4.78, 5) is 31.3. The van der Waals surface area contributed by atoms with Crippen LogP contribution in [-0.2, 0) is 29.9 Å². The monoisotopic (exact) mass is 577 g/mol. The minimum atomic E-state index is -3.85. The lowest BCUT2D eigenvalue weighted by atomic mass is 10.1. The lowest BCUT2D eigenvalue weighted by Crippen LogP contribution is -2.44. The van der Waals surface area contributed by atoms with Crippen LogP contribution in [0.5, 0.6) is 5.75 Å². The van der Waals surface area contributed by atoms with Crippen LogP contribution in [-0.4, -0.2) is 49.8 Å². The summed E-state index contributed by atoms with van der Waals surface area (Å²) in [6.07, 6.45) is -2.21. The highest BCUT2D eigenvalue weighted by atomic mass is 32.2. The molecule has 0 saturated heterocycles. The van der Waals surface area contributed by atoms with Crippen molar-refractivity contribution in [2.45, 2.75) is 64.5 Å². The summed E-state index contributed by atoms with van der Waals surface area (Å²) in [5.74, 6) is -0.301. The number of nitrogens with zero attached hydrogens (tertiary/aromatic N) is 1. The summed E-state index contributed by atoms with van der Waals surface area (Å²) < 4.78 is 44.1. The van der Waals surface area contributed by atoms with E-state index in [4.69, 9.17) is 19.0 Å². The maximum absolute atomic E-state index is 13.5. The van der Waals surface area contributed by atoms with Crippen molar-refractivity contribution in [3.8, 4) is 5.75 Å². The summed E-state index contributed by atoms with van der Waals surface area (Å²) in [5, 5.41) is 3.53. The average Bonchev–Trinajstić information content (AvgIpc) is 3.26. The third kappa shape index (κ3) is 9.14. The van der Waals surface area contributed by atoms with Crippen LogP contribution in [0.1, 0.15) is 58.7 Å². The minimum Gasteiger partial charge on any atom is -0.497 e. The van der Waals surface area contributed by atoms with Crippen molar-refractivity contribution in [2.75, 3.05) is 12.9 Å². The Hall–Kier alpha value is -3.31. The molecule has 1 unspecified atom stereocenters. The molecule has 39 heavy (non-hydrogen) atoms. The molecular weight excluding hydrogens is 542 g/mol. The number of rotatable bonds is 7. The highest BCUT2D eigenvalue weighted by Crippen LogP contribution is 2.30. The highest BCUT2D eigenvalue weighted by molar-refractivity contribution is 7.90.